The zero-order valence-corrected chi connectivity index (χ0v) is 15.5. The lowest BCUT2D eigenvalue weighted by Gasteiger charge is -2.24. The first-order valence-electron chi connectivity index (χ1n) is 8.56. The van der Waals surface area contributed by atoms with Gasteiger partial charge in [-0.3, -0.25) is 24.5 Å². The molecule has 3 N–H and O–H groups in total. The molecule has 1 fully saturated rings. The number of hydrogen-bond donors (Lipinski definition) is 3. The Morgan fingerprint density at radius 2 is 1.71 bits per heavy atom. The van der Waals surface area contributed by atoms with Crippen LogP contribution >= 0.6 is 0 Å². The SMILES string of the molecule is CC(=O)OC[C@H]1N[C@@H](c2c[nH]c3c(=O)[nH]cnc23)[C@H](OC(C)=O)[C@H]1OC(C)=O. The van der Waals surface area contributed by atoms with E-state index >= 15 is 0 Å². The van der Waals surface area contributed by atoms with Crippen molar-refractivity contribution < 1.29 is 28.6 Å². The third kappa shape index (κ3) is 3.88. The molecule has 0 bridgehead atoms. The molecule has 0 aromatic carbocycles. The van der Waals surface area contributed by atoms with Crippen molar-refractivity contribution in [2.45, 2.75) is 45.1 Å². The maximum Gasteiger partial charge on any atom is 0.303 e. The number of H-pyrrole nitrogens is 2. The second-order valence-corrected chi connectivity index (χ2v) is 6.40. The molecular formula is C17H20N4O7. The van der Waals surface area contributed by atoms with Crippen LogP contribution in [0.15, 0.2) is 17.3 Å². The van der Waals surface area contributed by atoms with Crippen molar-refractivity contribution in [1.29, 1.82) is 0 Å². The molecular weight excluding hydrogens is 372 g/mol. The summed E-state index contributed by atoms with van der Waals surface area (Å²) in [5.74, 6) is -1.66. The van der Waals surface area contributed by atoms with Crippen molar-refractivity contribution in [3.05, 3.63) is 28.4 Å². The van der Waals surface area contributed by atoms with Crippen molar-refractivity contribution in [1.82, 2.24) is 20.3 Å². The normalized spacial score (nSPS) is 24.1. The largest absolute Gasteiger partial charge is 0.464 e. The van der Waals surface area contributed by atoms with Gasteiger partial charge in [0.1, 0.15) is 17.6 Å². The molecule has 2 aromatic rings. The first-order chi connectivity index (χ1) is 13.3. The lowest BCUT2D eigenvalue weighted by molar-refractivity contribution is -0.165. The molecule has 150 valence electrons. The molecule has 0 aliphatic carbocycles. The van der Waals surface area contributed by atoms with Crippen LogP contribution in [0.5, 0.6) is 0 Å². The average Bonchev–Trinajstić information content (AvgIpc) is 3.16. The van der Waals surface area contributed by atoms with E-state index in [-0.39, 0.29) is 17.7 Å². The third-order valence-electron chi connectivity index (χ3n) is 4.35. The first kappa shape index (κ1) is 19.5. The molecule has 2 aromatic heterocycles. The number of carbonyl (C=O) groups is 3. The summed E-state index contributed by atoms with van der Waals surface area (Å²) in [4.78, 5) is 56.0. The number of hydrogen-bond acceptors (Lipinski definition) is 9. The molecule has 1 aliphatic rings. The van der Waals surface area contributed by atoms with Crippen LogP contribution in [0.3, 0.4) is 0 Å². The molecule has 0 saturated carbocycles. The van der Waals surface area contributed by atoms with E-state index in [1.807, 2.05) is 0 Å². The Hall–Kier alpha value is -3.21. The molecule has 0 radical (unpaired) electrons. The van der Waals surface area contributed by atoms with E-state index in [2.05, 4.69) is 20.3 Å². The molecule has 1 saturated heterocycles. The number of rotatable bonds is 5. The van der Waals surface area contributed by atoms with Crippen LogP contribution in [-0.4, -0.2) is 57.7 Å². The highest BCUT2D eigenvalue weighted by molar-refractivity contribution is 5.78. The molecule has 11 heteroatoms. The number of aromatic nitrogens is 3. The number of ether oxygens (including phenoxy) is 3. The molecule has 0 spiro atoms. The standard InChI is InChI=1S/C17H20N4O7/c1-7(22)26-5-11-15(27-8(2)23)16(28-9(3)24)13(21-11)10-4-18-14-12(10)19-6-20-17(14)25/h4,6,11,13,15-16,18,21H,5H2,1-3H3,(H,19,20,25)/t11-,13+,15+,16+/m1/s1. The monoisotopic (exact) mass is 392 g/mol. The van der Waals surface area contributed by atoms with Crippen molar-refractivity contribution >= 4 is 28.9 Å². The Bertz CT molecular complexity index is 966. The summed E-state index contributed by atoms with van der Waals surface area (Å²) in [5.41, 5.74) is 0.836. The van der Waals surface area contributed by atoms with Gasteiger partial charge in [-0.1, -0.05) is 0 Å². The molecule has 28 heavy (non-hydrogen) atoms. The molecule has 3 rings (SSSR count). The van der Waals surface area contributed by atoms with Crippen LogP contribution in [0.1, 0.15) is 32.4 Å². The minimum Gasteiger partial charge on any atom is -0.464 e. The Kier molecular flexibility index (Phi) is 5.45. The maximum atomic E-state index is 12.0. The van der Waals surface area contributed by atoms with Gasteiger partial charge in [-0.2, -0.15) is 0 Å². The van der Waals surface area contributed by atoms with Gasteiger partial charge in [0.2, 0.25) is 0 Å². The van der Waals surface area contributed by atoms with Crippen molar-refractivity contribution in [3.63, 3.8) is 0 Å². The van der Waals surface area contributed by atoms with E-state index in [4.69, 9.17) is 14.2 Å². The molecule has 0 amide bonds. The summed E-state index contributed by atoms with van der Waals surface area (Å²) in [6.45, 7) is 3.62. The highest BCUT2D eigenvalue weighted by Gasteiger charge is 2.49. The number of esters is 3. The van der Waals surface area contributed by atoms with Gasteiger partial charge in [-0.25, -0.2) is 4.98 Å². The highest BCUT2D eigenvalue weighted by Crippen LogP contribution is 2.34. The molecule has 11 nitrogen and oxygen atoms in total. The molecule has 0 unspecified atom stereocenters. The van der Waals surface area contributed by atoms with E-state index in [0.29, 0.717) is 11.1 Å². The van der Waals surface area contributed by atoms with E-state index < -0.39 is 42.2 Å². The van der Waals surface area contributed by atoms with E-state index in [1.54, 1.807) is 6.20 Å². The first-order valence-corrected chi connectivity index (χ1v) is 8.56. The van der Waals surface area contributed by atoms with Crippen molar-refractivity contribution in [3.8, 4) is 0 Å². The summed E-state index contributed by atoms with van der Waals surface area (Å²) >= 11 is 0. The van der Waals surface area contributed by atoms with Crippen LogP contribution in [0.2, 0.25) is 0 Å². The Morgan fingerprint density at radius 1 is 1.04 bits per heavy atom. The number of fused-ring (bicyclic) bond motifs is 1. The summed E-state index contributed by atoms with van der Waals surface area (Å²) < 4.78 is 15.8. The summed E-state index contributed by atoms with van der Waals surface area (Å²) in [6, 6.07) is -1.29. The predicted molar refractivity (Wildman–Crippen MR) is 94.1 cm³/mol. The van der Waals surface area contributed by atoms with E-state index in [0.717, 1.165) is 0 Å². The minimum absolute atomic E-state index is 0.0993. The zero-order valence-electron chi connectivity index (χ0n) is 15.5. The fourth-order valence-electron chi connectivity index (χ4n) is 3.33. The Morgan fingerprint density at radius 3 is 2.36 bits per heavy atom. The highest BCUT2D eigenvalue weighted by atomic mass is 16.6. The van der Waals surface area contributed by atoms with Crippen LogP contribution in [0.25, 0.3) is 11.0 Å². The molecule has 3 heterocycles. The number of nitrogens with zero attached hydrogens (tertiary/aromatic N) is 1. The number of aromatic amines is 2. The van der Waals surface area contributed by atoms with Gasteiger partial charge < -0.3 is 24.2 Å². The Labute approximate surface area is 158 Å². The van der Waals surface area contributed by atoms with E-state index in [1.165, 1.54) is 27.1 Å². The second-order valence-electron chi connectivity index (χ2n) is 6.40. The van der Waals surface area contributed by atoms with Gasteiger partial charge >= 0.3 is 17.9 Å². The minimum atomic E-state index is -0.915. The lowest BCUT2D eigenvalue weighted by atomic mass is 10.0. The van der Waals surface area contributed by atoms with Gasteiger partial charge in [-0.05, 0) is 0 Å². The molecule has 1 aliphatic heterocycles. The summed E-state index contributed by atoms with van der Waals surface area (Å²) in [6.07, 6.45) is 1.01. The Balaban J connectivity index is 2.02. The van der Waals surface area contributed by atoms with Gasteiger partial charge in [0.25, 0.3) is 5.56 Å². The van der Waals surface area contributed by atoms with Gasteiger partial charge in [-0.15, -0.1) is 0 Å². The topological polar surface area (TPSA) is 152 Å². The van der Waals surface area contributed by atoms with Crippen molar-refractivity contribution in [2.75, 3.05) is 6.61 Å². The second kappa shape index (κ2) is 7.80. The summed E-state index contributed by atoms with van der Waals surface area (Å²) in [7, 11) is 0. The van der Waals surface area contributed by atoms with Crippen LogP contribution in [-0.2, 0) is 28.6 Å². The third-order valence-corrected chi connectivity index (χ3v) is 4.35. The van der Waals surface area contributed by atoms with Crippen LogP contribution in [0.4, 0.5) is 0 Å². The lowest BCUT2D eigenvalue weighted by Crippen LogP contribution is -2.41. The van der Waals surface area contributed by atoms with Gasteiger partial charge in [0, 0.05) is 32.5 Å². The van der Waals surface area contributed by atoms with E-state index in [9.17, 15) is 19.2 Å². The van der Waals surface area contributed by atoms with Gasteiger partial charge in [0.15, 0.2) is 12.2 Å². The smallest absolute Gasteiger partial charge is 0.303 e. The van der Waals surface area contributed by atoms with Gasteiger partial charge in [0.05, 0.1) is 18.4 Å². The fourth-order valence-corrected chi connectivity index (χ4v) is 3.33. The average molecular weight is 392 g/mol. The predicted octanol–water partition coefficient (Wildman–Crippen LogP) is -0.309. The zero-order chi connectivity index (χ0) is 20.4. The maximum absolute atomic E-state index is 12.0. The van der Waals surface area contributed by atoms with Crippen LogP contribution in [0, 0.1) is 0 Å². The van der Waals surface area contributed by atoms with Crippen LogP contribution < -0.4 is 10.9 Å². The summed E-state index contributed by atoms with van der Waals surface area (Å²) in [5, 5.41) is 3.17. The number of nitrogens with one attached hydrogen (secondary N) is 3. The number of carbonyl (C=O) groups excluding carboxylic acids is 3. The fraction of sp³-hybridized carbons (Fsp3) is 0.471. The quantitative estimate of drug-likeness (QED) is 0.459. The molecule has 4 atom stereocenters. The van der Waals surface area contributed by atoms with Crippen molar-refractivity contribution in [2.24, 2.45) is 0 Å².